The van der Waals surface area contributed by atoms with E-state index in [1.807, 2.05) is 20.9 Å². The summed E-state index contributed by atoms with van der Waals surface area (Å²) in [5.74, 6) is 0.899. The van der Waals surface area contributed by atoms with Gasteiger partial charge < -0.3 is 15.0 Å². The van der Waals surface area contributed by atoms with Gasteiger partial charge in [-0.2, -0.15) is 4.31 Å². The van der Waals surface area contributed by atoms with Crippen molar-refractivity contribution in [2.24, 2.45) is 0 Å². The number of H-pyrrole nitrogens is 1. The Bertz CT molecular complexity index is 1570. The van der Waals surface area contributed by atoms with Crippen molar-refractivity contribution in [3.8, 4) is 17.1 Å². The standard InChI is InChI=1S/C23H30N8O4S/c1-4-9-29-21-19(22-28-25-14-30(22)23(29)32)26-20(27-21)17-12-16(6-7-18(17)35-11-5-2)36(33,34)31-10-8-15(31)13-24-3/h6-7,12,14-15,24H,4-5,8-11,13H2,1-3H3,(H,26,27). The summed E-state index contributed by atoms with van der Waals surface area (Å²) in [4.78, 5) is 21.2. The number of nitrogens with one attached hydrogen (secondary N) is 2. The monoisotopic (exact) mass is 514 g/mol. The second kappa shape index (κ2) is 9.64. The van der Waals surface area contributed by atoms with Gasteiger partial charge in [0.2, 0.25) is 10.0 Å². The number of ether oxygens (including phenoxy) is 1. The van der Waals surface area contributed by atoms with Crippen LogP contribution in [-0.2, 0) is 16.6 Å². The molecule has 1 fully saturated rings. The zero-order valence-corrected chi connectivity index (χ0v) is 21.4. The van der Waals surface area contributed by atoms with Crippen molar-refractivity contribution >= 4 is 26.8 Å². The molecule has 0 aliphatic carbocycles. The number of benzene rings is 1. The number of rotatable bonds is 10. The van der Waals surface area contributed by atoms with E-state index >= 15 is 0 Å². The molecule has 1 unspecified atom stereocenters. The molecule has 0 saturated carbocycles. The lowest BCUT2D eigenvalue weighted by molar-refractivity contribution is 0.197. The van der Waals surface area contributed by atoms with E-state index in [4.69, 9.17) is 9.72 Å². The van der Waals surface area contributed by atoms with E-state index in [0.717, 1.165) is 19.3 Å². The lowest BCUT2D eigenvalue weighted by Crippen LogP contribution is -2.54. The van der Waals surface area contributed by atoms with Crippen molar-refractivity contribution in [1.29, 1.82) is 0 Å². The van der Waals surface area contributed by atoms with E-state index in [1.54, 1.807) is 22.8 Å². The fraction of sp³-hybridized carbons (Fsp3) is 0.478. The molecule has 1 atom stereocenters. The Morgan fingerprint density at radius 1 is 1.22 bits per heavy atom. The summed E-state index contributed by atoms with van der Waals surface area (Å²) < 4.78 is 37.4. The van der Waals surface area contributed by atoms with Crippen LogP contribution in [0.2, 0.25) is 0 Å². The van der Waals surface area contributed by atoms with Crippen LogP contribution in [0.25, 0.3) is 28.2 Å². The van der Waals surface area contributed by atoms with Crippen molar-refractivity contribution in [2.75, 3.05) is 26.7 Å². The molecule has 36 heavy (non-hydrogen) atoms. The zero-order valence-electron chi connectivity index (χ0n) is 20.6. The maximum absolute atomic E-state index is 13.5. The van der Waals surface area contributed by atoms with Gasteiger partial charge in [-0.25, -0.2) is 22.6 Å². The highest BCUT2D eigenvalue weighted by molar-refractivity contribution is 7.89. The second-order valence-electron chi connectivity index (χ2n) is 8.87. The molecular weight excluding hydrogens is 484 g/mol. The van der Waals surface area contributed by atoms with E-state index in [1.165, 1.54) is 15.0 Å². The first-order valence-electron chi connectivity index (χ1n) is 12.2. The molecule has 1 aromatic carbocycles. The van der Waals surface area contributed by atoms with Gasteiger partial charge in [-0.15, -0.1) is 10.2 Å². The SMILES string of the molecule is CCCOc1ccc(S(=O)(=O)N2CCC2CNC)cc1-c1nc2c([nH]1)c1nncn1c(=O)n2CCC. The maximum atomic E-state index is 13.5. The number of aryl methyl sites for hydroxylation is 1. The van der Waals surface area contributed by atoms with Crippen molar-refractivity contribution in [3.63, 3.8) is 0 Å². The van der Waals surface area contributed by atoms with Gasteiger partial charge in [0.1, 0.15) is 23.4 Å². The van der Waals surface area contributed by atoms with Gasteiger partial charge in [-0.3, -0.25) is 4.57 Å². The smallest absolute Gasteiger partial charge is 0.336 e. The van der Waals surface area contributed by atoms with Gasteiger partial charge in [0, 0.05) is 25.7 Å². The highest BCUT2D eigenvalue weighted by Crippen LogP contribution is 2.35. The average Bonchev–Trinajstić information content (AvgIpc) is 3.50. The number of aromatic nitrogens is 6. The minimum atomic E-state index is -3.71. The number of nitrogens with zero attached hydrogens (tertiary/aromatic N) is 6. The highest BCUT2D eigenvalue weighted by atomic mass is 32.2. The summed E-state index contributed by atoms with van der Waals surface area (Å²) in [7, 11) is -1.89. The maximum Gasteiger partial charge on any atom is 0.336 e. The van der Waals surface area contributed by atoms with Crippen molar-refractivity contribution < 1.29 is 13.2 Å². The highest BCUT2D eigenvalue weighted by Gasteiger charge is 2.38. The second-order valence-corrected chi connectivity index (χ2v) is 10.8. The van der Waals surface area contributed by atoms with E-state index in [0.29, 0.717) is 60.2 Å². The molecule has 0 spiro atoms. The van der Waals surface area contributed by atoms with Crippen LogP contribution >= 0.6 is 0 Å². The van der Waals surface area contributed by atoms with Crippen molar-refractivity contribution in [3.05, 3.63) is 35.0 Å². The minimum Gasteiger partial charge on any atom is -0.493 e. The van der Waals surface area contributed by atoms with Crippen LogP contribution in [0.15, 0.2) is 34.2 Å². The van der Waals surface area contributed by atoms with Crippen LogP contribution in [0.4, 0.5) is 0 Å². The predicted molar refractivity (Wildman–Crippen MR) is 135 cm³/mol. The molecule has 4 heterocycles. The number of hydrogen-bond acceptors (Lipinski definition) is 8. The van der Waals surface area contributed by atoms with Gasteiger partial charge in [-0.1, -0.05) is 13.8 Å². The van der Waals surface area contributed by atoms with Crippen LogP contribution < -0.4 is 15.7 Å². The van der Waals surface area contributed by atoms with Gasteiger partial charge in [0.25, 0.3) is 0 Å². The number of imidazole rings is 1. The lowest BCUT2D eigenvalue weighted by atomic mass is 10.1. The molecular formula is C23H30N8O4S. The molecule has 0 amide bonds. The number of likely N-dealkylation sites (N-methyl/N-ethyl adjacent to an activating group) is 1. The quantitative estimate of drug-likeness (QED) is 0.325. The molecule has 5 rings (SSSR count). The normalized spacial score (nSPS) is 16.6. The lowest BCUT2D eigenvalue weighted by Gasteiger charge is -2.39. The predicted octanol–water partition coefficient (Wildman–Crippen LogP) is 1.62. The number of fused-ring (bicyclic) bond motifs is 3. The Morgan fingerprint density at radius 2 is 2.06 bits per heavy atom. The van der Waals surface area contributed by atoms with Crippen LogP contribution in [0.5, 0.6) is 5.75 Å². The molecule has 1 aliphatic heterocycles. The Labute approximate surface area is 208 Å². The van der Waals surface area contributed by atoms with Crippen molar-refractivity contribution in [1.82, 2.24) is 38.8 Å². The van der Waals surface area contributed by atoms with E-state index in [-0.39, 0.29) is 16.6 Å². The van der Waals surface area contributed by atoms with Crippen LogP contribution in [-0.4, -0.2) is 74.6 Å². The molecule has 192 valence electrons. The molecule has 1 aliphatic rings. The molecule has 1 saturated heterocycles. The van der Waals surface area contributed by atoms with E-state index in [9.17, 15) is 13.2 Å². The van der Waals surface area contributed by atoms with Gasteiger partial charge in [0.15, 0.2) is 11.3 Å². The molecule has 12 nitrogen and oxygen atoms in total. The summed E-state index contributed by atoms with van der Waals surface area (Å²) in [5, 5.41) is 11.1. The molecule has 0 radical (unpaired) electrons. The van der Waals surface area contributed by atoms with Crippen LogP contribution in [0, 0.1) is 0 Å². The summed E-state index contributed by atoms with van der Waals surface area (Å²) in [6.07, 6.45) is 3.71. The first kappa shape index (κ1) is 24.4. The summed E-state index contributed by atoms with van der Waals surface area (Å²) in [6.45, 7) is 5.97. The summed E-state index contributed by atoms with van der Waals surface area (Å²) in [5.41, 5.74) is 1.55. The molecule has 13 heteroatoms. The molecule has 4 aromatic rings. The van der Waals surface area contributed by atoms with Gasteiger partial charge >= 0.3 is 5.69 Å². The fourth-order valence-corrected chi connectivity index (χ4v) is 6.23. The fourth-order valence-electron chi connectivity index (χ4n) is 4.53. The molecule has 3 aromatic heterocycles. The minimum absolute atomic E-state index is 0.0737. The Balaban J connectivity index is 1.68. The third-order valence-electron chi connectivity index (χ3n) is 6.40. The number of aromatic amines is 1. The largest absolute Gasteiger partial charge is 0.493 e. The number of hydrogen-bond donors (Lipinski definition) is 2. The topological polar surface area (TPSA) is 140 Å². The molecule has 2 N–H and O–H groups in total. The van der Waals surface area contributed by atoms with Crippen molar-refractivity contribution in [2.45, 2.75) is 50.6 Å². The average molecular weight is 515 g/mol. The summed E-state index contributed by atoms with van der Waals surface area (Å²) in [6, 6.07) is 4.76. The number of sulfonamides is 1. The first-order chi connectivity index (χ1) is 17.4. The van der Waals surface area contributed by atoms with E-state index < -0.39 is 10.0 Å². The summed E-state index contributed by atoms with van der Waals surface area (Å²) >= 11 is 0. The van der Waals surface area contributed by atoms with Gasteiger partial charge in [0.05, 0.1) is 17.1 Å². The van der Waals surface area contributed by atoms with Crippen LogP contribution in [0.3, 0.4) is 0 Å². The van der Waals surface area contributed by atoms with E-state index in [2.05, 4.69) is 20.5 Å². The zero-order chi connectivity index (χ0) is 25.4. The Morgan fingerprint density at radius 3 is 2.75 bits per heavy atom. The van der Waals surface area contributed by atoms with Gasteiger partial charge in [-0.05, 0) is 44.5 Å². The Kier molecular flexibility index (Phi) is 6.53. The molecule has 0 bridgehead atoms. The third-order valence-corrected chi connectivity index (χ3v) is 8.35. The first-order valence-corrected chi connectivity index (χ1v) is 13.6. The third kappa shape index (κ3) is 3.96. The Hall–Kier alpha value is -3.29. The van der Waals surface area contributed by atoms with Crippen LogP contribution in [0.1, 0.15) is 33.1 Å².